The molecule has 0 atom stereocenters. The summed E-state index contributed by atoms with van der Waals surface area (Å²) in [4.78, 5) is 10.3. The molecule has 1 aliphatic heterocycles. The maximum absolute atomic E-state index is 5.35. The Bertz CT molecular complexity index is 560. The number of morpholine rings is 1. The molecule has 0 spiro atoms. The van der Waals surface area contributed by atoms with Gasteiger partial charge < -0.3 is 15.0 Å². The van der Waals surface area contributed by atoms with E-state index in [-0.39, 0.29) is 0 Å². The average Bonchev–Trinajstić information content (AvgIpc) is 2.91. The number of nitrogens with one attached hydrogen (secondary N) is 2. The van der Waals surface area contributed by atoms with Gasteiger partial charge in [0, 0.05) is 38.3 Å². The van der Waals surface area contributed by atoms with Crippen molar-refractivity contribution in [2.45, 2.75) is 13.3 Å². The van der Waals surface area contributed by atoms with Gasteiger partial charge in [0.05, 0.1) is 24.2 Å². The molecule has 0 radical (unpaired) electrons. The van der Waals surface area contributed by atoms with E-state index in [1.54, 1.807) is 0 Å². The second-order valence-electron chi connectivity index (χ2n) is 5.15. The van der Waals surface area contributed by atoms with E-state index in [9.17, 15) is 0 Å². The molecule has 2 aromatic rings. The number of hydrogen-bond acceptors (Lipinski definition) is 4. The molecule has 20 heavy (non-hydrogen) atoms. The van der Waals surface area contributed by atoms with Crippen LogP contribution in [-0.2, 0) is 11.2 Å². The number of aromatic nitrogens is 2. The molecule has 0 amide bonds. The predicted molar refractivity (Wildman–Crippen MR) is 81.2 cm³/mol. The van der Waals surface area contributed by atoms with Gasteiger partial charge in [0.1, 0.15) is 5.82 Å². The molecule has 5 heteroatoms. The predicted octanol–water partition coefficient (Wildman–Crippen LogP) is 1.87. The van der Waals surface area contributed by atoms with Gasteiger partial charge in [-0.2, -0.15) is 0 Å². The van der Waals surface area contributed by atoms with Crippen LogP contribution in [0.15, 0.2) is 18.2 Å². The van der Waals surface area contributed by atoms with Crippen molar-refractivity contribution in [3.63, 3.8) is 0 Å². The summed E-state index contributed by atoms with van der Waals surface area (Å²) < 4.78 is 5.35. The number of ether oxygens (including phenoxy) is 1. The van der Waals surface area contributed by atoms with Crippen molar-refractivity contribution >= 4 is 16.7 Å². The van der Waals surface area contributed by atoms with Crippen LogP contribution in [0.5, 0.6) is 0 Å². The molecule has 2 heterocycles. The summed E-state index contributed by atoms with van der Waals surface area (Å²) in [6, 6.07) is 6.31. The van der Waals surface area contributed by atoms with Gasteiger partial charge in [0.15, 0.2) is 0 Å². The van der Waals surface area contributed by atoms with Crippen LogP contribution < -0.4 is 5.32 Å². The van der Waals surface area contributed by atoms with Gasteiger partial charge >= 0.3 is 0 Å². The first-order chi connectivity index (χ1) is 9.85. The Hall–Kier alpha value is -1.59. The molecule has 3 rings (SSSR count). The highest BCUT2D eigenvalue weighted by Gasteiger charge is 2.09. The third kappa shape index (κ3) is 3.11. The number of nitrogens with zero attached hydrogens (tertiary/aromatic N) is 2. The highest BCUT2D eigenvalue weighted by Crippen LogP contribution is 2.17. The third-order valence-corrected chi connectivity index (χ3v) is 3.73. The lowest BCUT2D eigenvalue weighted by Crippen LogP contribution is -2.38. The van der Waals surface area contributed by atoms with Crippen molar-refractivity contribution in [2.75, 3.05) is 44.7 Å². The van der Waals surface area contributed by atoms with Gasteiger partial charge in [-0.05, 0) is 18.2 Å². The van der Waals surface area contributed by atoms with Gasteiger partial charge in [-0.3, -0.25) is 4.90 Å². The summed E-state index contributed by atoms with van der Waals surface area (Å²) >= 11 is 0. The Balaban J connectivity index is 1.56. The smallest absolute Gasteiger partial charge is 0.106 e. The number of hydrogen-bond donors (Lipinski definition) is 2. The van der Waals surface area contributed by atoms with Crippen molar-refractivity contribution in [2.24, 2.45) is 0 Å². The fourth-order valence-corrected chi connectivity index (χ4v) is 2.52. The van der Waals surface area contributed by atoms with Crippen LogP contribution in [0.1, 0.15) is 12.7 Å². The van der Waals surface area contributed by atoms with Crippen molar-refractivity contribution in [1.82, 2.24) is 14.9 Å². The Morgan fingerprint density at radius 1 is 1.35 bits per heavy atom. The van der Waals surface area contributed by atoms with Crippen molar-refractivity contribution in [1.29, 1.82) is 0 Å². The molecule has 0 unspecified atom stereocenters. The molecule has 1 fully saturated rings. The maximum Gasteiger partial charge on any atom is 0.106 e. The van der Waals surface area contributed by atoms with Gasteiger partial charge in [-0.1, -0.05) is 6.92 Å². The first-order valence-corrected chi connectivity index (χ1v) is 7.38. The molecule has 1 aromatic carbocycles. The second kappa shape index (κ2) is 6.24. The van der Waals surface area contributed by atoms with E-state index in [4.69, 9.17) is 4.74 Å². The third-order valence-electron chi connectivity index (χ3n) is 3.73. The van der Waals surface area contributed by atoms with E-state index in [1.165, 1.54) is 0 Å². The van der Waals surface area contributed by atoms with Gasteiger partial charge in [0.25, 0.3) is 0 Å². The SMILES string of the molecule is CCc1nc2ccc(NCCN3CCOCC3)cc2[nH]1. The zero-order chi connectivity index (χ0) is 13.8. The molecular weight excluding hydrogens is 252 g/mol. The topological polar surface area (TPSA) is 53.2 Å². The molecule has 108 valence electrons. The van der Waals surface area contributed by atoms with Gasteiger partial charge in [-0.25, -0.2) is 4.98 Å². The second-order valence-corrected chi connectivity index (χ2v) is 5.15. The number of anilines is 1. The molecule has 5 nitrogen and oxygen atoms in total. The highest BCUT2D eigenvalue weighted by atomic mass is 16.5. The zero-order valence-electron chi connectivity index (χ0n) is 12.0. The van der Waals surface area contributed by atoms with E-state index in [1.807, 2.05) is 0 Å². The number of fused-ring (bicyclic) bond motifs is 1. The van der Waals surface area contributed by atoms with Crippen LogP contribution >= 0.6 is 0 Å². The minimum Gasteiger partial charge on any atom is -0.384 e. The lowest BCUT2D eigenvalue weighted by Gasteiger charge is -2.26. The lowest BCUT2D eigenvalue weighted by atomic mass is 10.2. The first kappa shape index (κ1) is 13.4. The van der Waals surface area contributed by atoms with Crippen LogP contribution in [0.2, 0.25) is 0 Å². The highest BCUT2D eigenvalue weighted by molar-refractivity contribution is 5.79. The number of H-pyrrole nitrogens is 1. The molecule has 0 saturated carbocycles. The first-order valence-electron chi connectivity index (χ1n) is 7.38. The summed E-state index contributed by atoms with van der Waals surface area (Å²) in [5, 5.41) is 3.48. The summed E-state index contributed by atoms with van der Waals surface area (Å²) in [7, 11) is 0. The summed E-state index contributed by atoms with van der Waals surface area (Å²) in [6.45, 7) is 7.94. The van der Waals surface area contributed by atoms with Gasteiger partial charge in [-0.15, -0.1) is 0 Å². The molecule has 0 bridgehead atoms. The maximum atomic E-state index is 5.35. The fraction of sp³-hybridized carbons (Fsp3) is 0.533. The van der Waals surface area contributed by atoms with Crippen molar-refractivity contribution < 1.29 is 4.74 Å². The number of aromatic amines is 1. The van der Waals surface area contributed by atoms with Crippen LogP contribution in [-0.4, -0.2) is 54.3 Å². The van der Waals surface area contributed by atoms with E-state index >= 15 is 0 Å². The number of benzene rings is 1. The van der Waals surface area contributed by atoms with E-state index in [2.05, 4.69) is 45.3 Å². The molecule has 2 N–H and O–H groups in total. The van der Waals surface area contributed by atoms with Crippen molar-refractivity contribution in [3.05, 3.63) is 24.0 Å². The summed E-state index contributed by atoms with van der Waals surface area (Å²) in [5.41, 5.74) is 3.30. The molecule has 0 aliphatic carbocycles. The summed E-state index contributed by atoms with van der Waals surface area (Å²) in [5.74, 6) is 1.05. The molecule has 1 aliphatic rings. The Morgan fingerprint density at radius 2 is 2.20 bits per heavy atom. The number of aryl methyl sites for hydroxylation is 1. The Labute approximate surface area is 119 Å². The Morgan fingerprint density at radius 3 is 3.00 bits per heavy atom. The number of imidazole rings is 1. The standard InChI is InChI=1S/C15H22N4O/c1-2-15-17-13-4-3-12(11-14(13)18-15)16-5-6-19-7-9-20-10-8-19/h3-4,11,16H,2,5-10H2,1H3,(H,17,18). The minimum atomic E-state index is 0.861. The fourth-order valence-electron chi connectivity index (χ4n) is 2.52. The average molecular weight is 274 g/mol. The monoisotopic (exact) mass is 274 g/mol. The van der Waals surface area contributed by atoms with Crippen LogP contribution in [0.4, 0.5) is 5.69 Å². The Kier molecular flexibility index (Phi) is 4.18. The van der Waals surface area contributed by atoms with Gasteiger partial charge in [0.2, 0.25) is 0 Å². The zero-order valence-corrected chi connectivity index (χ0v) is 12.0. The largest absolute Gasteiger partial charge is 0.384 e. The van der Waals surface area contributed by atoms with E-state index in [0.717, 1.165) is 68.4 Å². The molecule has 1 saturated heterocycles. The quantitative estimate of drug-likeness (QED) is 0.874. The van der Waals surface area contributed by atoms with E-state index < -0.39 is 0 Å². The van der Waals surface area contributed by atoms with Crippen LogP contribution in [0.3, 0.4) is 0 Å². The lowest BCUT2D eigenvalue weighted by molar-refractivity contribution is 0.0398. The van der Waals surface area contributed by atoms with Crippen molar-refractivity contribution in [3.8, 4) is 0 Å². The minimum absolute atomic E-state index is 0.861. The van der Waals surface area contributed by atoms with E-state index in [0.29, 0.717) is 0 Å². The number of rotatable bonds is 5. The molecule has 1 aromatic heterocycles. The summed E-state index contributed by atoms with van der Waals surface area (Å²) in [6.07, 6.45) is 0.939. The molecular formula is C15H22N4O. The van der Waals surface area contributed by atoms with Crippen LogP contribution in [0, 0.1) is 0 Å². The van der Waals surface area contributed by atoms with Crippen LogP contribution in [0.25, 0.3) is 11.0 Å². The normalized spacial score (nSPS) is 16.6.